The van der Waals surface area contributed by atoms with Crippen molar-refractivity contribution >= 4 is 11.4 Å². The quantitative estimate of drug-likeness (QED) is 0.657. The summed E-state index contributed by atoms with van der Waals surface area (Å²) in [5.74, 6) is -0.167. The van der Waals surface area contributed by atoms with E-state index in [1.54, 1.807) is 25.3 Å². The van der Waals surface area contributed by atoms with Gasteiger partial charge in [0.15, 0.2) is 0 Å². The van der Waals surface area contributed by atoms with E-state index >= 15 is 0 Å². The van der Waals surface area contributed by atoms with Crippen LogP contribution in [0.1, 0.15) is 17.9 Å². The first-order valence-electron chi connectivity index (χ1n) is 5.61. The Labute approximate surface area is 104 Å². The lowest BCUT2D eigenvalue weighted by Gasteiger charge is -2.15. The van der Waals surface area contributed by atoms with E-state index in [1.165, 1.54) is 18.2 Å². The van der Waals surface area contributed by atoms with Crippen LogP contribution in [0.5, 0.6) is 0 Å². The number of allylic oxidation sites excluding steroid dienone is 4. The van der Waals surface area contributed by atoms with Crippen molar-refractivity contribution in [1.82, 2.24) is 0 Å². The molecular weight excluding hydrogens is 235 g/mol. The molecule has 1 unspecified atom stereocenters. The minimum absolute atomic E-state index is 0.0442. The summed E-state index contributed by atoms with van der Waals surface area (Å²) >= 11 is 0. The topological polar surface area (TPSA) is 55.2 Å². The molecule has 0 radical (unpaired) electrons. The number of nitro benzene ring substituents is 1. The largest absolute Gasteiger partial charge is 0.383 e. The number of anilines is 1. The van der Waals surface area contributed by atoms with Gasteiger partial charge >= 0.3 is 0 Å². The minimum atomic E-state index is -0.425. The number of benzene rings is 1. The van der Waals surface area contributed by atoms with Crippen LogP contribution in [0.15, 0.2) is 42.3 Å². The van der Waals surface area contributed by atoms with Crippen molar-refractivity contribution in [2.45, 2.75) is 12.3 Å². The van der Waals surface area contributed by atoms with Crippen LogP contribution in [-0.4, -0.2) is 12.0 Å². The maximum atomic E-state index is 12.9. The number of nitrogens with one attached hydrogen (secondary N) is 1. The van der Waals surface area contributed by atoms with Crippen LogP contribution in [0.2, 0.25) is 0 Å². The normalized spacial score (nSPS) is 18.3. The Bertz CT molecular complexity index is 538. The number of hydrogen-bond acceptors (Lipinski definition) is 3. The number of hydrogen-bond donors (Lipinski definition) is 1. The van der Waals surface area contributed by atoms with Gasteiger partial charge in [-0.05, 0) is 30.2 Å². The number of nitro groups is 1. The summed E-state index contributed by atoms with van der Waals surface area (Å²) in [7, 11) is 1.64. The highest BCUT2D eigenvalue weighted by Crippen LogP contribution is 2.32. The Morgan fingerprint density at radius 2 is 2.28 bits per heavy atom. The smallest absolute Gasteiger partial charge is 0.292 e. The molecule has 0 aromatic heterocycles. The predicted molar refractivity (Wildman–Crippen MR) is 68.3 cm³/mol. The summed E-state index contributed by atoms with van der Waals surface area (Å²) in [6.07, 6.45) is 5.29. The molecule has 1 aromatic rings. The summed E-state index contributed by atoms with van der Waals surface area (Å²) in [6, 6.07) is 4.93. The molecule has 1 atom stereocenters. The summed E-state index contributed by atoms with van der Waals surface area (Å²) in [5.41, 5.74) is 1.45. The van der Waals surface area contributed by atoms with Gasteiger partial charge in [0.1, 0.15) is 11.5 Å². The third-order valence-corrected chi connectivity index (χ3v) is 2.97. The highest BCUT2D eigenvalue weighted by atomic mass is 19.1. The van der Waals surface area contributed by atoms with E-state index in [2.05, 4.69) is 5.32 Å². The van der Waals surface area contributed by atoms with Crippen molar-refractivity contribution in [3.05, 3.63) is 57.9 Å². The molecule has 4 nitrogen and oxygen atoms in total. The lowest BCUT2D eigenvalue weighted by atomic mass is 9.92. The maximum Gasteiger partial charge on any atom is 0.292 e. The highest BCUT2D eigenvalue weighted by Gasteiger charge is 2.17. The molecule has 0 fully saturated rings. The average Bonchev–Trinajstić information content (AvgIpc) is 2.38. The zero-order valence-corrected chi connectivity index (χ0v) is 9.89. The number of halogens is 1. The van der Waals surface area contributed by atoms with E-state index in [0.717, 1.165) is 5.56 Å². The van der Waals surface area contributed by atoms with Crippen LogP contribution >= 0.6 is 0 Å². The molecule has 0 aliphatic heterocycles. The molecule has 18 heavy (non-hydrogen) atoms. The van der Waals surface area contributed by atoms with Crippen molar-refractivity contribution in [2.24, 2.45) is 0 Å². The van der Waals surface area contributed by atoms with Gasteiger partial charge in [-0.2, -0.15) is 0 Å². The van der Waals surface area contributed by atoms with Gasteiger partial charge in [0.05, 0.1) is 4.92 Å². The molecular formula is C13H13FN2O2. The Kier molecular flexibility index (Phi) is 3.41. The molecule has 0 heterocycles. The molecule has 0 saturated carbocycles. The van der Waals surface area contributed by atoms with Gasteiger partial charge in [-0.3, -0.25) is 10.1 Å². The fourth-order valence-corrected chi connectivity index (χ4v) is 1.99. The van der Waals surface area contributed by atoms with Gasteiger partial charge in [-0.1, -0.05) is 12.1 Å². The van der Waals surface area contributed by atoms with Crippen molar-refractivity contribution < 1.29 is 9.31 Å². The lowest BCUT2D eigenvalue weighted by Crippen LogP contribution is -2.01. The van der Waals surface area contributed by atoms with Gasteiger partial charge in [-0.25, -0.2) is 4.39 Å². The lowest BCUT2D eigenvalue weighted by molar-refractivity contribution is -0.384. The first-order chi connectivity index (χ1) is 8.61. The Morgan fingerprint density at radius 3 is 2.83 bits per heavy atom. The molecule has 0 bridgehead atoms. The van der Waals surface area contributed by atoms with E-state index < -0.39 is 4.92 Å². The van der Waals surface area contributed by atoms with E-state index in [1.807, 2.05) is 0 Å². The number of rotatable bonds is 3. The van der Waals surface area contributed by atoms with Crippen LogP contribution < -0.4 is 5.32 Å². The highest BCUT2D eigenvalue weighted by molar-refractivity contribution is 5.63. The second kappa shape index (κ2) is 5.00. The van der Waals surface area contributed by atoms with Crippen LogP contribution in [0, 0.1) is 10.1 Å². The van der Waals surface area contributed by atoms with Crippen molar-refractivity contribution in [2.75, 3.05) is 12.4 Å². The van der Waals surface area contributed by atoms with Crippen molar-refractivity contribution in [3.8, 4) is 0 Å². The second-order valence-electron chi connectivity index (χ2n) is 4.07. The summed E-state index contributed by atoms with van der Waals surface area (Å²) in [6.45, 7) is 0. The zero-order chi connectivity index (χ0) is 13.1. The fourth-order valence-electron chi connectivity index (χ4n) is 1.99. The van der Waals surface area contributed by atoms with Crippen LogP contribution in [0.3, 0.4) is 0 Å². The third kappa shape index (κ3) is 2.40. The summed E-state index contributed by atoms with van der Waals surface area (Å²) < 4.78 is 12.9. The molecule has 1 N–H and O–H groups in total. The Hall–Kier alpha value is -2.17. The zero-order valence-electron chi connectivity index (χ0n) is 9.89. The van der Waals surface area contributed by atoms with Gasteiger partial charge < -0.3 is 5.32 Å². The molecule has 0 saturated heterocycles. The third-order valence-electron chi connectivity index (χ3n) is 2.97. The monoisotopic (exact) mass is 248 g/mol. The second-order valence-corrected chi connectivity index (χ2v) is 4.07. The molecule has 0 spiro atoms. The SMILES string of the molecule is CNc1cc(C2C=CC(F)=CC2)ccc1[N+](=O)[O-]. The number of nitrogens with zero attached hydrogens (tertiary/aromatic N) is 1. The summed E-state index contributed by atoms with van der Waals surface area (Å²) in [4.78, 5) is 10.4. The average molecular weight is 248 g/mol. The van der Waals surface area contributed by atoms with Gasteiger partial charge in [0, 0.05) is 19.0 Å². The van der Waals surface area contributed by atoms with E-state index in [0.29, 0.717) is 12.1 Å². The van der Waals surface area contributed by atoms with Crippen molar-refractivity contribution in [3.63, 3.8) is 0 Å². The van der Waals surface area contributed by atoms with Gasteiger partial charge in [0.2, 0.25) is 0 Å². The van der Waals surface area contributed by atoms with Gasteiger partial charge in [0.25, 0.3) is 5.69 Å². The maximum absolute atomic E-state index is 12.9. The van der Waals surface area contributed by atoms with Crippen molar-refractivity contribution in [1.29, 1.82) is 0 Å². The van der Waals surface area contributed by atoms with Gasteiger partial charge in [-0.15, -0.1) is 0 Å². The predicted octanol–water partition coefficient (Wildman–Crippen LogP) is 3.53. The van der Waals surface area contributed by atoms with E-state index in [9.17, 15) is 14.5 Å². The minimum Gasteiger partial charge on any atom is -0.383 e. The Morgan fingerprint density at radius 1 is 1.50 bits per heavy atom. The van der Waals surface area contributed by atoms with Crippen LogP contribution in [-0.2, 0) is 0 Å². The van der Waals surface area contributed by atoms with Crippen LogP contribution in [0.4, 0.5) is 15.8 Å². The fraction of sp³-hybridized carbons (Fsp3) is 0.231. The molecule has 94 valence electrons. The van der Waals surface area contributed by atoms with Crippen LogP contribution in [0.25, 0.3) is 0 Å². The molecule has 0 amide bonds. The molecule has 1 aliphatic rings. The molecule has 1 aliphatic carbocycles. The van der Waals surface area contributed by atoms with E-state index in [4.69, 9.17) is 0 Å². The standard InChI is InChI=1S/C13H13FN2O2/c1-15-12-8-10(4-7-13(12)16(17)18)9-2-5-11(14)6-3-9/h2,4-9,15H,3H2,1H3. The first kappa shape index (κ1) is 12.3. The molecule has 1 aromatic carbocycles. The molecule has 5 heteroatoms. The van der Waals surface area contributed by atoms with E-state index in [-0.39, 0.29) is 17.4 Å². The molecule has 2 rings (SSSR count). The Balaban J connectivity index is 2.31. The first-order valence-corrected chi connectivity index (χ1v) is 5.61. The summed E-state index contributed by atoms with van der Waals surface area (Å²) in [5, 5.41) is 13.6.